The second-order valence-corrected chi connectivity index (χ2v) is 9.21. The molecule has 1 aromatic heterocycles. The smallest absolute Gasteiger partial charge is 0.339 e. The fourth-order valence-electron chi connectivity index (χ4n) is 3.17. The van der Waals surface area contributed by atoms with Crippen molar-refractivity contribution in [3.63, 3.8) is 0 Å². The molecule has 0 fully saturated rings. The third-order valence-electron chi connectivity index (χ3n) is 4.70. The van der Waals surface area contributed by atoms with Crippen molar-refractivity contribution in [3.05, 3.63) is 70.9 Å². The molecule has 3 rings (SSSR count). The van der Waals surface area contributed by atoms with Gasteiger partial charge < -0.3 is 9.30 Å². The van der Waals surface area contributed by atoms with E-state index in [1.54, 1.807) is 50.2 Å². The summed E-state index contributed by atoms with van der Waals surface area (Å²) >= 11 is 6.02. The van der Waals surface area contributed by atoms with Crippen LogP contribution in [-0.4, -0.2) is 31.3 Å². The lowest BCUT2D eigenvalue weighted by Gasteiger charge is -2.14. The number of halogens is 1. The molecule has 152 valence electrons. The second-order valence-electron chi connectivity index (χ2n) is 6.49. The van der Waals surface area contributed by atoms with E-state index in [4.69, 9.17) is 16.3 Å². The van der Waals surface area contributed by atoms with Gasteiger partial charge in [0.05, 0.1) is 28.5 Å². The molecule has 5 nitrogen and oxygen atoms in total. The first-order chi connectivity index (χ1) is 13.8. The Morgan fingerprint density at radius 1 is 1.07 bits per heavy atom. The van der Waals surface area contributed by atoms with Gasteiger partial charge in [0.1, 0.15) is 0 Å². The van der Waals surface area contributed by atoms with Crippen LogP contribution in [0.5, 0.6) is 0 Å². The van der Waals surface area contributed by atoms with Crippen LogP contribution in [0, 0.1) is 6.92 Å². The topological polar surface area (TPSA) is 65.4 Å². The van der Waals surface area contributed by atoms with Crippen molar-refractivity contribution in [3.8, 4) is 16.9 Å². The summed E-state index contributed by atoms with van der Waals surface area (Å²) in [5, 5.41) is 0.602. The highest BCUT2D eigenvalue weighted by atomic mass is 35.5. The third-order valence-corrected chi connectivity index (χ3v) is 6.68. The van der Waals surface area contributed by atoms with Crippen LogP contribution in [0.2, 0.25) is 5.02 Å². The maximum atomic E-state index is 12.5. The normalized spacial score (nSPS) is 11.4. The largest absolute Gasteiger partial charge is 0.462 e. The molecule has 29 heavy (non-hydrogen) atoms. The van der Waals surface area contributed by atoms with Crippen molar-refractivity contribution in [2.45, 2.75) is 25.7 Å². The van der Waals surface area contributed by atoms with E-state index in [9.17, 15) is 13.2 Å². The molecule has 0 radical (unpaired) electrons. The number of carbonyl (C=O) groups excluding carboxylic acids is 1. The van der Waals surface area contributed by atoms with E-state index in [0.29, 0.717) is 22.0 Å². The average Bonchev–Trinajstić information content (AvgIpc) is 3.06. The lowest BCUT2D eigenvalue weighted by atomic mass is 10.1. The van der Waals surface area contributed by atoms with Crippen molar-refractivity contribution in [1.29, 1.82) is 0 Å². The lowest BCUT2D eigenvalue weighted by molar-refractivity contribution is 0.0525. The molecule has 0 spiro atoms. The van der Waals surface area contributed by atoms with Gasteiger partial charge >= 0.3 is 5.97 Å². The molecule has 7 heteroatoms. The first kappa shape index (κ1) is 21.1. The van der Waals surface area contributed by atoms with Crippen molar-refractivity contribution < 1.29 is 17.9 Å². The van der Waals surface area contributed by atoms with Crippen LogP contribution in [-0.2, 0) is 14.6 Å². The highest BCUT2D eigenvalue weighted by Gasteiger charge is 2.21. The molecule has 0 bridgehead atoms. The zero-order valence-corrected chi connectivity index (χ0v) is 18.0. The van der Waals surface area contributed by atoms with E-state index in [0.717, 1.165) is 11.3 Å². The maximum absolute atomic E-state index is 12.5. The van der Waals surface area contributed by atoms with Gasteiger partial charge in [0.2, 0.25) is 0 Å². The van der Waals surface area contributed by atoms with Gasteiger partial charge in [0.25, 0.3) is 0 Å². The van der Waals surface area contributed by atoms with Gasteiger partial charge in [-0.3, -0.25) is 0 Å². The Bertz CT molecular complexity index is 1150. The molecule has 3 aromatic rings. The molecular formula is C22H22ClNO4S. The summed E-state index contributed by atoms with van der Waals surface area (Å²) in [5.74, 6) is -0.407. The van der Waals surface area contributed by atoms with E-state index in [-0.39, 0.29) is 17.3 Å². The van der Waals surface area contributed by atoms with Crippen molar-refractivity contribution in [2.24, 2.45) is 0 Å². The zero-order valence-electron chi connectivity index (χ0n) is 16.5. The Kier molecular flexibility index (Phi) is 6.15. The number of carbonyl (C=O) groups is 1. The van der Waals surface area contributed by atoms with Gasteiger partial charge in [-0.05, 0) is 55.8 Å². The first-order valence-electron chi connectivity index (χ1n) is 9.27. The Balaban J connectivity index is 2.26. The average molecular weight is 432 g/mol. The van der Waals surface area contributed by atoms with E-state index >= 15 is 0 Å². The summed E-state index contributed by atoms with van der Waals surface area (Å²) in [4.78, 5) is 12.7. The molecule has 0 unspecified atom stereocenters. The molecule has 0 atom stereocenters. The molecular weight excluding hydrogens is 410 g/mol. The van der Waals surface area contributed by atoms with E-state index in [1.807, 2.05) is 29.7 Å². The molecule has 0 aliphatic heterocycles. The van der Waals surface area contributed by atoms with Gasteiger partial charge in [0.15, 0.2) is 9.84 Å². The Hall–Kier alpha value is -2.57. The molecule has 0 aliphatic rings. The lowest BCUT2D eigenvalue weighted by Crippen LogP contribution is -2.08. The minimum Gasteiger partial charge on any atom is -0.462 e. The molecule has 0 saturated heterocycles. The summed E-state index contributed by atoms with van der Waals surface area (Å²) in [6, 6.07) is 15.7. The first-order valence-corrected chi connectivity index (χ1v) is 11.3. The molecule has 0 N–H and O–H groups in total. The number of ether oxygens (including phenoxy) is 1. The summed E-state index contributed by atoms with van der Waals surface area (Å²) in [5.41, 5.74) is 3.34. The van der Waals surface area contributed by atoms with E-state index in [2.05, 4.69) is 0 Å². The number of benzene rings is 2. The van der Waals surface area contributed by atoms with E-state index < -0.39 is 15.8 Å². The van der Waals surface area contributed by atoms with Gasteiger partial charge in [-0.1, -0.05) is 36.7 Å². The monoisotopic (exact) mass is 431 g/mol. The van der Waals surface area contributed by atoms with Crippen LogP contribution < -0.4 is 0 Å². The number of hydrogen-bond donors (Lipinski definition) is 0. The van der Waals surface area contributed by atoms with Crippen molar-refractivity contribution in [2.75, 3.05) is 12.4 Å². The van der Waals surface area contributed by atoms with Crippen LogP contribution in [0.4, 0.5) is 0 Å². The number of hydrogen-bond acceptors (Lipinski definition) is 4. The number of rotatable bonds is 6. The van der Waals surface area contributed by atoms with E-state index in [1.165, 1.54) is 0 Å². The van der Waals surface area contributed by atoms with Gasteiger partial charge in [0, 0.05) is 16.4 Å². The predicted octanol–water partition coefficient (Wildman–Crippen LogP) is 5.08. The molecule has 1 heterocycles. The van der Waals surface area contributed by atoms with Crippen molar-refractivity contribution >= 4 is 27.4 Å². The molecule has 0 amide bonds. The maximum Gasteiger partial charge on any atom is 0.339 e. The van der Waals surface area contributed by atoms with Crippen LogP contribution in [0.15, 0.2) is 59.5 Å². The van der Waals surface area contributed by atoms with Gasteiger partial charge in [-0.2, -0.15) is 0 Å². The van der Waals surface area contributed by atoms with Gasteiger partial charge in [-0.15, -0.1) is 0 Å². The molecule has 2 aromatic carbocycles. The Labute approximate surface area is 175 Å². The van der Waals surface area contributed by atoms with Crippen LogP contribution >= 0.6 is 11.6 Å². The summed E-state index contributed by atoms with van der Waals surface area (Å²) in [6.07, 6.45) is 0. The zero-order chi connectivity index (χ0) is 21.2. The van der Waals surface area contributed by atoms with Gasteiger partial charge in [-0.25, -0.2) is 13.2 Å². The minimum absolute atomic E-state index is 0.0131. The number of nitrogens with zero attached hydrogens (tertiary/aromatic N) is 1. The standard InChI is InChI=1S/C22H22ClNO4S/c1-4-28-22(25)20-14-21(16-9-11-17(23)12-10-16)24(15(20)3)18-7-6-8-19(13-18)29(26,27)5-2/h6-14H,4-5H2,1-3H3. The fourth-order valence-corrected chi connectivity index (χ4v) is 4.22. The quantitative estimate of drug-likeness (QED) is 0.510. The number of aromatic nitrogens is 1. The predicted molar refractivity (Wildman–Crippen MR) is 115 cm³/mol. The number of esters is 1. The highest BCUT2D eigenvalue weighted by Crippen LogP contribution is 2.31. The molecule has 0 aliphatic carbocycles. The second kappa shape index (κ2) is 8.43. The number of sulfone groups is 1. The highest BCUT2D eigenvalue weighted by molar-refractivity contribution is 7.91. The SMILES string of the molecule is CCOC(=O)c1cc(-c2ccc(Cl)cc2)n(-c2cccc(S(=O)(=O)CC)c2)c1C. The Morgan fingerprint density at radius 3 is 2.38 bits per heavy atom. The molecule has 0 saturated carbocycles. The van der Waals surface area contributed by atoms with Crippen LogP contribution in [0.3, 0.4) is 0 Å². The third kappa shape index (κ3) is 4.23. The van der Waals surface area contributed by atoms with Crippen LogP contribution in [0.25, 0.3) is 16.9 Å². The minimum atomic E-state index is -3.37. The Morgan fingerprint density at radius 2 is 1.76 bits per heavy atom. The van der Waals surface area contributed by atoms with Crippen LogP contribution in [0.1, 0.15) is 29.9 Å². The summed E-state index contributed by atoms with van der Waals surface area (Å²) in [6.45, 7) is 5.45. The fraction of sp³-hybridized carbons (Fsp3) is 0.227. The van der Waals surface area contributed by atoms with Crippen molar-refractivity contribution in [1.82, 2.24) is 4.57 Å². The summed E-state index contributed by atoms with van der Waals surface area (Å²) < 4.78 is 31.8. The summed E-state index contributed by atoms with van der Waals surface area (Å²) in [7, 11) is -3.37.